The highest BCUT2D eigenvalue weighted by Crippen LogP contribution is 2.25. The number of piperazine rings is 1. The Bertz CT molecular complexity index is 1070. The molecule has 32 heavy (non-hydrogen) atoms. The molecule has 3 aromatic rings. The Kier molecular flexibility index (Phi) is 7.46. The first-order valence-electron chi connectivity index (χ1n) is 10.3. The predicted octanol–water partition coefficient (Wildman–Crippen LogP) is 3.98. The first-order chi connectivity index (χ1) is 15.5. The van der Waals surface area contributed by atoms with E-state index in [1.165, 1.54) is 6.07 Å². The fourth-order valence-corrected chi connectivity index (χ4v) is 4.96. The minimum absolute atomic E-state index is 0.149. The number of thiazole rings is 1. The molecule has 2 aromatic carbocycles. The SMILES string of the molecule is Cc1nc2cc(OC[C@H](O)CN3CCN(C(=O)SNc4ccccc4F)CC3)ccc2s1. The second-order valence-electron chi connectivity index (χ2n) is 7.56. The van der Waals surface area contributed by atoms with Gasteiger partial charge in [0.25, 0.3) is 0 Å². The second-order valence-corrected chi connectivity index (χ2v) is 9.56. The zero-order valence-electron chi connectivity index (χ0n) is 17.7. The molecule has 2 heterocycles. The quantitative estimate of drug-likeness (QED) is 0.500. The molecule has 7 nitrogen and oxygen atoms in total. The number of nitrogens with zero attached hydrogens (tertiary/aromatic N) is 3. The van der Waals surface area contributed by atoms with Gasteiger partial charge in [0.15, 0.2) is 0 Å². The van der Waals surface area contributed by atoms with E-state index in [1.54, 1.807) is 34.4 Å². The summed E-state index contributed by atoms with van der Waals surface area (Å²) in [5, 5.41) is 11.2. The topological polar surface area (TPSA) is 77.9 Å². The van der Waals surface area contributed by atoms with Crippen LogP contribution in [0, 0.1) is 12.7 Å². The van der Waals surface area contributed by atoms with Crippen molar-refractivity contribution in [3.63, 3.8) is 0 Å². The minimum Gasteiger partial charge on any atom is -0.491 e. The Balaban J connectivity index is 1.17. The highest BCUT2D eigenvalue weighted by Gasteiger charge is 2.23. The van der Waals surface area contributed by atoms with Gasteiger partial charge in [-0.25, -0.2) is 9.37 Å². The number of rotatable bonds is 7. The number of hydrogen-bond acceptors (Lipinski definition) is 8. The van der Waals surface area contributed by atoms with Gasteiger partial charge >= 0.3 is 5.24 Å². The Morgan fingerprint density at radius 1 is 1.28 bits per heavy atom. The molecule has 1 amide bonds. The monoisotopic (exact) mass is 476 g/mol. The lowest BCUT2D eigenvalue weighted by Crippen LogP contribution is -2.50. The number of amides is 1. The van der Waals surface area contributed by atoms with Gasteiger partial charge in [-0.05, 0) is 31.2 Å². The maximum absolute atomic E-state index is 13.7. The zero-order valence-corrected chi connectivity index (χ0v) is 19.3. The Morgan fingerprint density at radius 3 is 2.84 bits per heavy atom. The van der Waals surface area contributed by atoms with Crippen molar-refractivity contribution in [1.82, 2.24) is 14.8 Å². The van der Waals surface area contributed by atoms with Crippen molar-refractivity contribution < 1.29 is 19.0 Å². The van der Waals surface area contributed by atoms with Crippen LogP contribution in [0.4, 0.5) is 14.9 Å². The van der Waals surface area contributed by atoms with E-state index in [-0.39, 0.29) is 17.5 Å². The van der Waals surface area contributed by atoms with Crippen LogP contribution in [-0.4, -0.2) is 70.6 Å². The summed E-state index contributed by atoms with van der Waals surface area (Å²) in [6.45, 7) is 5.06. The third-order valence-electron chi connectivity index (χ3n) is 5.13. The van der Waals surface area contributed by atoms with Gasteiger partial charge in [-0.15, -0.1) is 11.3 Å². The smallest absolute Gasteiger partial charge is 0.302 e. The van der Waals surface area contributed by atoms with Crippen molar-refractivity contribution in [1.29, 1.82) is 0 Å². The molecule has 1 atom stereocenters. The van der Waals surface area contributed by atoms with Gasteiger partial charge < -0.3 is 19.5 Å². The fourth-order valence-electron chi connectivity index (χ4n) is 3.48. The summed E-state index contributed by atoms with van der Waals surface area (Å²) in [5.74, 6) is 0.298. The number of aromatic nitrogens is 1. The molecule has 0 bridgehead atoms. The van der Waals surface area contributed by atoms with Crippen LogP contribution in [0.2, 0.25) is 0 Å². The molecular weight excluding hydrogens is 451 g/mol. The van der Waals surface area contributed by atoms with Crippen molar-refractivity contribution in [3.8, 4) is 5.75 Å². The molecule has 0 radical (unpaired) electrons. The summed E-state index contributed by atoms with van der Waals surface area (Å²) in [5.41, 5.74) is 1.19. The average molecular weight is 477 g/mol. The molecule has 1 fully saturated rings. The number of carbonyl (C=O) groups excluding carboxylic acids is 1. The largest absolute Gasteiger partial charge is 0.491 e. The Hall–Kier alpha value is -2.40. The Morgan fingerprint density at radius 2 is 2.06 bits per heavy atom. The summed E-state index contributed by atoms with van der Waals surface area (Å²) in [7, 11) is 0. The molecule has 10 heteroatoms. The van der Waals surface area contributed by atoms with Crippen LogP contribution >= 0.6 is 23.3 Å². The number of hydrogen-bond donors (Lipinski definition) is 2. The summed E-state index contributed by atoms with van der Waals surface area (Å²) >= 11 is 2.52. The van der Waals surface area contributed by atoms with E-state index in [0.717, 1.165) is 27.2 Å². The number of aliphatic hydroxyl groups is 1. The maximum Gasteiger partial charge on any atom is 0.302 e. The highest BCUT2D eigenvalue weighted by atomic mass is 32.2. The molecule has 2 N–H and O–H groups in total. The number of nitrogens with one attached hydrogen (secondary N) is 1. The van der Waals surface area contributed by atoms with E-state index in [1.807, 2.05) is 25.1 Å². The number of ether oxygens (including phenoxy) is 1. The van der Waals surface area contributed by atoms with Crippen LogP contribution in [-0.2, 0) is 0 Å². The molecule has 4 rings (SSSR count). The number of anilines is 1. The lowest BCUT2D eigenvalue weighted by molar-refractivity contribution is 0.0534. The van der Waals surface area contributed by atoms with E-state index >= 15 is 0 Å². The second kappa shape index (κ2) is 10.5. The number of para-hydroxylation sites is 1. The van der Waals surface area contributed by atoms with Gasteiger partial charge in [-0.2, -0.15) is 0 Å². The van der Waals surface area contributed by atoms with Crippen LogP contribution in [0.1, 0.15) is 5.01 Å². The predicted molar refractivity (Wildman–Crippen MR) is 127 cm³/mol. The number of fused-ring (bicyclic) bond motifs is 1. The van der Waals surface area contributed by atoms with Gasteiger partial charge in [-0.1, -0.05) is 12.1 Å². The van der Waals surface area contributed by atoms with E-state index in [2.05, 4.69) is 14.6 Å². The minimum atomic E-state index is -0.637. The normalized spacial score (nSPS) is 15.7. The summed E-state index contributed by atoms with van der Waals surface area (Å²) < 4.78 is 23.3. The molecule has 0 spiro atoms. The Labute approximate surface area is 194 Å². The molecule has 1 aliphatic rings. The lowest BCUT2D eigenvalue weighted by Gasteiger charge is -2.35. The van der Waals surface area contributed by atoms with Gasteiger partial charge in [0.05, 0.1) is 20.9 Å². The van der Waals surface area contributed by atoms with E-state index in [0.29, 0.717) is 38.5 Å². The third kappa shape index (κ3) is 5.89. The summed E-state index contributed by atoms with van der Waals surface area (Å²) in [6, 6.07) is 12.0. The first-order valence-corrected chi connectivity index (χ1v) is 12.0. The number of halogens is 1. The number of aryl methyl sites for hydroxylation is 1. The average Bonchev–Trinajstić information content (AvgIpc) is 3.16. The number of carbonyl (C=O) groups is 1. The van der Waals surface area contributed by atoms with Crippen LogP contribution < -0.4 is 9.46 Å². The molecule has 1 aromatic heterocycles. The third-order valence-corrected chi connectivity index (χ3v) is 6.84. The van der Waals surface area contributed by atoms with Crippen LogP contribution in [0.15, 0.2) is 42.5 Å². The van der Waals surface area contributed by atoms with E-state index in [9.17, 15) is 14.3 Å². The van der Waals surface area contributed by atoms with Crippen molar-refractivity contribution in [2.45, 2.75) is 13.0 Å². The maximum atomic E-state index is 13.7. The zero-order chi connectivity index (χ0) is 22.5. The lowest BCUT2D eigenvalue weighted by atomic mass is 10.2. The number of benzene rings is 2. The van der Waals surface area contributed by atoms with Gasteiger partial charge in [0, 0.05) is 50.7 Å². The number of β-amino-alcohol motifs (C(OH)–C–C–N with tert-alkyl or cyclic N) is 1. The van der Waals surface area contributed by atoms with Crippen molar-refractivity contribution in [3.05, 3.63) is 53.3 Å². The van der Waals surface area contributed by atoms with Crippen LogP contribution in [0.25, 0.3) is 10.2 Å². The highest BCUT2D eigenvalue weighted by molar-refractivity contribution is 8.14. The molecule has 170 valence electrons. The molecule has 1 aliphatic heterocycles. The molecular formula is C22H25FN4O3S2. The van der Waals surface area contributed by atoms with Gasteiger partial charge in [-0.3, -0.25) is 9.69 Å². The summed E-state index contributed by atoms with van der Waals surface area (Å²) in [6.07, 6.45) is -0.637. The van der Waals surface area contributed by atoms with Crippen molar-refractivity contribution in [2.24, 2.45) is 0 Å². The standard InChI is InChI=1S/C22H25FN4O3S2/c1-15-24-20-12-17(6-7-21(20)31-15)30-14-16(28)13-26-8-10-27(11-9-26)22(29)32-25-19-5-3-2-4-18(19)23/h2-7,12,16,25,28H,8-11,13-14H2,1H3/t16-/m1/s1. The molecule has 1 saturated heterocycles. The van der Waals surface area contributed by atoms with Crippen molar-refractivity contribution in [2.75, 3.05) is 44.1 Å². The van der Waals surface area contributed by atoms with Gasteiger partial charge in [0.2, 0.25) is 0 Å². The van der Waals surface area contributed by atoms with Crippen LogP contribution in [0.5, 0.6) is 5.75 Å². The van der Waals surface area contributed by atoms with Crippen molar-refractivity contribution >= 4 is 44.4 Å². The molecule has 0 aliphatic carbocycles. The van der Waals surface area contributed by atoms with E-state index in [4.69, 9.17) is 4.74 Å². The number of aliphatic hydroxyl groups excluding tert-OH is 1. The van der Waals surface area contributed by atoms with Gasteiger partial charge in [0.1, 0.15) is 24.3 Å². The fraction of sp³-hybridized carbons (Fsp3) is 0.364. The summed E-state index contributed by atoms with van der Waals surface area (Å²) in [4.78, 5) is 20.7. The first kappa shape index (κ1) is 22.8. The molecule has 0 unspecified atom stereocenters. The van der Waals surface area contributed by atoms with E-state index < -0.39 is 11.9 Å². The van der Waals surface area contributed by atoms with Crippen LogP contribution in [0.3, 0.4) is 0 Å². The molecule has 0 saturated carbocycles.